The third kappa shape index (κ3) is 3.16. The zero-order valence-electron chi connectivity index (χ0n) is 11.7. The number of thiazole rings is 1. The van der Waals surface area contributed by atoms with Crippen molar-refractivity contribution in [1.82, 2.24) is 15.3 Å². The Labute approximate surface area is 134 Å². The zero-order chi connectivity index (χ0) is 16.4. The van der Waals surface area contributed by atoms with E-state index in [-0.39, 0.29) is 17.6 Å². The Morgan fingerprint density at radius 1 is 1.30 bits per heavy atom. The first-order valence-electron chi connectivity index (χ1n) is 6.61. The largest absolute Gasteiger partial charge is 0.365 e. The third-order valence-corrected chi connectivity index (χ3v) is 4.13. The van der Waals surface area contributed by atoms with E-state index in [1.807, 2.05) is 0 Å². The molecule has 2 heterocycles. The van der Waals surface area contributed by atoms with E-state index in [1.54, 1.807) is 18.2 Å². The molecule has 8 heteroatoms. The average Bonchev–Trinajstić information content (AvgIpc) is 3.02. The summed E-state index contributed by atoms with van der Waals surface area (Å²) in [5.74, 6) is -1.56. The number of carbonyl (C=O) groups is 2. The smallest absolute Gasteiger partial charge is 0.260 e. The molecule has 116 valence electrons. The molecule has 6 nitrogen and oxygen atoms in total. The Balaban J connectivity index is 1.76. The molecule has 0 fully saturated rings. The summed E-state index contributed by atoms with van der Waals surface area (Å²) in [5.41, 5.74) is 5.55. The molecule has 3 N–H and O–H groups in total. The van der Waals surface area contributed by atoms with Crippen LogP contribution in [0.1, 0.15) is 25.0 Å². The van der Waals surface area contributed by atoms with E-state index in [1.165, 1.54) is 12.4 Å². The number of fused-ring (bicyclic) bond motifs is 1. The Morgan fingerprint density at radius 2 is 2.13 bits per heavy atom. The minimum Gasteiger partial charge on any atom is -0.365 e. The van der Waals surface area contributed by atoms with Gasteiger partial charge >= 0.3 is 0 Å². The van der Waals surface area contributed by atoms with Gasteiger partial charge in [-0.25, -0.2) is 9.37 Å². The third-order valence-electron chi connectivity index (χ3n) is 3.12. The van der Waals surface area contributed by atoms with Crippen LogP contribution in [0.5, 0.6) is 0 Å². The second-order valence-corrected chi connectivity index (χ2v) is 5.81. The molecule has 0 aliphatic rings. The number of carbonyl (C=O) groups excluding carboxylic acids is 2. The number of nitrogens with two attached hydrogens (primary N) is 1. The van der Waals surface area contributed by atoms with E-state index >= 15 is 0 Å². The van der Waals surface area contributed by atoms with Gasteiger partial charge in [-0.05, 0) is 18.2 Å². The Bertz CT molecular complexity index is 909. The molecule has 1 aromatic carbocycles. The minimum absolute atomic E-state index is 0.128. The van der Waals surface area contributed by atoms with Crippen molar-refractivity contribution in [1.29, 1.82) is 0 Å². The van der Waals surface area contributed by atoms with E-state index in [4.69, 9.17) is 5.73 Å². The SMILES string of the molecule is NC(=O)c1cnc(CNC(=O)c2cc(F)c3ncccc3c2)s1. The van der Waals surface area contributed by atoms with Gasteiger partial charge in [0, 0.05) is 17.1 Å². The monoisotopic (exact) mass is 330 g/mol. The van der Waals surface area contributed by atoms with Crippen molar-refractivity contribution in [2.24, 2.45) is 5.73 Å². The van der Waals surface area contributed by atoms with Crippen LogP contribution in [0, 0.1) is 5.82 Å². The number of halogens is 1. The van der Waals surface area contributed by atoms with Crippen LogP contribution < -0.4 is 11.1 Å². The molecule has 0 atom stereocenters. The quantitative estimate of drug-likeness (QED) is 0.763. The molecule has 0 aliphatic carbocycles. The second-order valence-electron chi connectivity index (χ2n) is 4.70. The molecule has 0 radical (unpaired) electrons. The molecule has 0 saturated heterocycles. The fraction of sp³-hybridized carbons (Fsp3) is 0.0667. The van der Waals surface area contributed by atoms with Gasteiger partial charge in [0.15, 0.2) is 0 Å². The van der Waals surface area contributed by atoms with Gasteiger partial charge in [0.2, 0.25) is 0 Å². The van der Waals surface area contributed by atoms with Crippen molar-refractivity contribution in [3.05, 3.63) is 57.9 Å². The standard InChI is InChI=1S/C15H11FN4O2S/c16-10-5-9(4-8-2-1-3-18-13(8)10)15(22)20-7-12-19-6-11(23-12)14(17)21/h1-6H,7H2,(H2,17,21)(H,20,22). The molecular formula is C15H11FN4O2S. The van der Waals surface area contributed by atoms with Crippen molar-refractivity contribution in [2.45, 2.75) is 6.54 Å². The van der Waals surface area contributed by atoms with Crippen LogP contribution in [-0.4, -0.2) is 21.8 Å². The highest BCUT2D eigenvalue weighted by Gasteiger charge is 2.12. The highest BCUT2D eigenvalue weighted by molar-refractivity contribution is 7.13. The van der Waals surface area contributed by atoms with Crippen molar-refractivity contribution < 1.29 is 14.0 Å². The maximum Gasteiger partial charge on any atom is 0.260 e. The van der Waals surface area contributed by atoms with Crippen LogP contribution in [0.2, 0.25) is 0 Å². The van der Waals surface area contributed by atoms with Crippen molar-refractivity contribution in [2.75, 3.05) is 0 Å². The fourth-order valence-corrected chi connectivity index (χ4v) is 2.75. The second kappa shape index (κ2) is 6.09. The van der Waals surface area contributed by atoms with Crippen LogP contribution in [0.3, 0.4) is 0 Å². The lowest BCUT2D eigenvalue weighted by Crippen LogP contribution is -2.22. The van der Waals surface area contributed by atoms with E-state index in [0.29, 0.717) is 15.3 Å². The number of amides is 2. The van der Waals surface area contributed by atoms with Crippen LogP contribution in [0.15, 0.2) is 36.7 Å². The highest BCUT2D eigenvalue weighted by atomic mass is 32.1. The maximum absolute atomic E-state index is 14.0. The molecule has 0 unspecified atom stereocenters. The summed E-state index contributed by atoms with van der Waals surface area (Å²) >= 11 is 1.10. The van der Waals surface area contributed by atoms with Gasteiger partial charge in [0.1, 0.15) is 21.2 Å². The van der Waals surface area contributed by atoms with E-state index in [9.17, 15) is 14.0 Å². The van der Waals surface area contributed by atoms with Crippen LogP contribution >= 0.6 is 11.3 Å². The predicted octanol–water partition coefficient (Wildman–Crippen LogP) is 1.86. The molecule has 0 saturated carbocycles. The average molecular weight is 330 g/mol. The minimum atomic E-state index is -0.566. The van der Waals surface area contributed by atoms with Gasteiger partial charge < -0.3 is 11.1 Å². The molecule has 23 heavy (non-hydrogen) atoms. The fourth-order valence-electron chi connectivity index (χ4n) is 2.04. The number of aromatic nitrogens is 2. The van der Waals surface area contributed by atoms with Gasteiger partial charge in [0.05, 0.1) is 12.7 Å². The van der Waals surface area contributed by atoms with Crippen molar-refractivity contribution in [3.63, 3.8) is 0 Å². The Hall–Kier alpha value is -2.87. The van der Waals surface area contributed by atoms with Crippen LogP contribution in [0.25, 0.3) is 10.9 Å². The summed E-state index contributed by atoms with van der Waals surface area (Å²) in [7, 11) is 0. The Morgan fingerprint density at radius 3 is 2.87 bits per heavy atom. The summed E-state index contributed by atoms with van der Waals surface area (Å²) in [6, 6.07) is 6.06. The number of hydrogen-bond acceptors (Lipinski definition) is 5. The summed E-state index contributed by atoms with van der Waals surface area (Å²) in [6.07, 6.45) is 2.85. The first kappa shape index (κ1) is 15.0. The van der Waals surface area contributed by atoms with Gasteiger partial charge in [-0.3, -0.25) is 14.6 Å². The summed E-state index contributed by atoms with van der Waals surface area (Å²) in [6.45, 7) is 0.128. The molecule has 2 aromatic heterocycles. The normalized spacial score (nSPS) is 10.7. The highest BCUT2D eigenvalue weighted by Crippen LogP contribution is 2.18. The number of rotatable bonds is 4. The molecule has 0 spiro atoms. The predicted molar refractivity (Wildman–Crippen MR) is 83.5 cm³/mol. The van der Waals surface area contributed by atoms with E-state index in [0.717, 1.165) is 17.4 Å². The van der Waals surface area contributed by atoms with Crippen molar-refractivity contribution in [3.8, 4) is 0 Å². The Kier molecular flexibility index (Phi) is 3.98. The molecule has 0 aliphatic heterocycles. The van der Waals surface area contributed by atoms with Gasteiger partial charge in [0.25, 0.3) is 11.8 Å². The molecule has 2 amide bonds. The number of benzene rings is 1. The lowest BCUT2D eigenvalue weighted by atomic mass is 10.1. The van der Waals surface area contributed by atoms with Gasteiger partial charge in [-0.2, -0.15) is 0 Å². The maximum atomic E-state index is 14.0. The number of nitrogens with zero attached hydrogens (tertiary/aromatic N) is 2. The number of nitrogens with one attached hydrogen (secondary N) is 1. The lowest BCUT2D eigenvalue weighted by Gasteiger charge is -2.05. The van der Waals surface area contributed by atoms with Crippen LogP contribution in [-0.2, 0) is 6.54 Å². The molecule has 3 aromatic rings. The summed E-state index contributed by atoms with van der Waals surface area (Å²) in [4.78, 5) is 31.4. The lowest BCUT2D eigenvalue weighted by molar-refractivity contribution is 0.0949. The summed E-state index contributed by atoms with van der Waals surface area (Å²) in [5, 5.41) is 3.71. The molecule has 3 rings (SSSR count). The first-order valence-corrected chi connectivity index (χ1v) is 7.43. The number of hydrogen-bond donors (Lipinski definition) is 2. The number of pyridine rings is 1. The molecular weight excluding hydrogens is 319 g/mol. The summed E-state index contributed by atoms with van der Waals surface area (Å²) < 4.78 is 14.0. The first-order chi connectivity index (χ1) is 11.0. The van der Waals surface area contributed by atoms with Crippen molar-refractivity contribution >= 4 is 34.1 Å². The van der Waals surface area contributed by atoms with Gasteiger partial charge in [-0.1, -0.05) is 6.07 Å². The van der Waals surface area contributed by atoms with E-state index < -0.39 is 17.6 Å². The zero-order valence-corrected chi connectivity index (χ0v) is 12.6. The molecule has 0 bridgehead atoms. The number of primary amides is 1. The van der Waals surface area contributed by atoms with Gasteiger partial charge in [-0.15, -0.1) is 11.3 Å². The van der Waals surface area contributed by atoms with Crippen LogP contribution in [0.4, 0.5) is 4.39 Å². The van der Waals surface area contributed by atoms with E-state index in [2.05, 4.69) is 15.3 Å². The topological polar surface area (TPSA) is 98.0 Å².